The number of carbonyl (C=O) groups is 2. The number of aromatic nitrogens is 2. The van der Waals surface area contributed by atoms with E-state index in [-0.39, 0.29) is 33.7 Å². The Morgan fingerprint density at radius 2 is 1.32 bits per heavy atom. The standard InChI is InChI=1S/C23H23ClFN3O2.C21H21ClFN3O3/c1-14(19-12-26-22(30-2)18-6-4-3-5-17(18)19)28(13-15-7-8-15)23(29)27-16-9-10-21(25)20(24)11-16;1-13(17-12-24-20(27)16-6-4-3-5-15(16)17)26(9-10-29-2)21(28)25-14-7-8-19(23)18(22)11-14/h3-6,9-12,14-15H,7-8,13H2,1-2H3,(H,27,29);3-8,11-13H,9-10H2,1-2H3,(H,24,27)(H,25,28). The monoisotopic (exact) mass is 844 g/mol. The van der Waals surface area contributed by atoms with Gasteiger partial charge in [0.05, 0.1) is 35.8 Å². The second-order valence-corrected chi connectivity index (χ2v) is 15.0. The van der Waals surface area contributed by atoms with E-state index >= 15 is 0 Å². The van der Waals surface area contributed by atoms with Crippen LogP contribution in [0, 0.1) is 17.6 Å². The maximum absolute atomic E-state index is 13.5. The van der Waals surface area contributed by atoms with E-state index in [9.17, 15) is 23.2 Å². The Bertz CT molecular complexity index is 2520. The molecule has 11 nitrogen and oxygen atoms in total. The summed E-state index contributed by atoms with van der Waals surface area (Å²) in [6.45, 7) is 5.14. The van der Waals surface area contributed by atoms with E-state index in [0.717, 1.165) is 40.1 Å². The largest absolute Gasteiger partial charge is 0.481 e. The van der Waals surface area contributed by atoms with Gasteiger partial charge in [0.15, 0.2) is 0 Å². The summed E-state index contributed by atoms with van der Waals surface area (Å²) >= 11 is 11.7. The number of aromatic amines is 1. The molecule has 2 atom stereocenters. The van der Waals surface area contributed by atoms with E-state index in [1.54, 1.807) is 43.6 Å². The van der Waals surface area contributed by atoms with Gasteiger partial charge in [-0.1, -0.05) is 59.6 Å². The maximum Gasteiger partial charge on any atom is 0.322 e. The molecule has 0 aliphatic heterocycles. The number of hydrogen-bond acceptors (Lipinski definition) is 6. The number of halogens is 4. The van der Waals surface area contributed by atoms with Crippen molar-refractivity contribution >= 4 is 68.2 Å². The number of benzene rings is 4. The highest BCUT2D eigenvalue weighted by atomic mass is 35.5. The third-order valence-electron chi connectivity index (χ3n) is 10.2. The number of anilines is 2. The van der Waals surface area contributed by atoms with Crippen molar-refractivity contribution in [2.24, 2.45) is 5.92 Å². The van der Waals surface area contributed by atoms with E-state index in [1.165, 1.54) is 36.4 Å². The molecule has 59 heavy (non-hydrogen) atoms. The number of urea groups is 2. The van der Waals surface area contributed by atoms with Gasteiger partial charge in [0, 0.05) is 60.3 Å². The molecule has 4 aromatic carbocycles. The molecule has 0 radical (unpaired) electrons. The van der Waals surface area contributed by atoms with Gasteiger partial charge in [-0.3, -0.25) is 4.79 Å². The average molecular weight is 846 g/mol. The van der Waals surface area contributed by atoms with Gasteiger partial charge in [0.2, 0.25) is 5.88 Å². The predicted molar refractivity (Wildman–Crippen MR) is 229 cm³/mol. The minimum atomic E-state index is -0.561. The second kappa shape index (κ2) is 19.3. The highest BCUT2D eigenvalue weighted by Crippen LogP contribution is 2.36. The number of nitrogens with zero attached hydrogens (tertiary/aromatic N) is 3. The first-order chi connectivity index (χ1) is 28.4. The van der Waals surface area contributed by atoms with Crippen LogP contribution in [0.15, 0.2) is 102 Å². The zero-order chi connectivity index (χ0) is 42.2. The van der Waals surface area contributed by atoms with Crippen molar-refractivity contribution < 1.29 is 27.8 Å². The molecule has 3 N–H and O–H groups in total. The summed E-state index contributed by atoms with van der Waals surface area (Å²) in [5, 5.41) is 8.70. The molecule has 308 valence electrons. The Labute approximate surface area is 350 Å². The lowest BCUT2D eigenvalue weighted by molar-refractivity contribution is 0.140. The molecular formula is C44H44Cl2F2N6O5. The third kappa shape index (κ3) is 10.3. The third-order valence-corrected chi connectivity index (χ3v) is 10.8. The summed E-state index contributed by atoms with van der Waals surface area (Å²) in [6.07, 6.45) is 5.62. The van der Waals surface area contributed by atoms with Crippen molar-refractivity contribution in [2.45, 2.75) is 38.8 Å². The number of pyridine rings is 2. The van der Waals surface area contributed by atoms with Gasteiger partial charge < -0.3 is 34.9 Å². The molecule has 0 saturated heterocycles. The lowest BCUT2D eigenvalue weighted by Crippen LogP contribution is -2.39. The first-order valence-corrected chi connectivity index (χ1v) is 19.7. The molecule has 6 aromatic rings. The molecule has 2 heterocycles. The van der Waals surface area contributed by atoms with Crippen molar-refractivity contribution in [1.82, 2.24) is 19.8 Å². The molecule has 7 rings (SSSR count). The number of methoxy groups -OCH3 is 2. The number of fused-ring (bicyclic) bond motifs is 2. The molecule has 1 fully saturated rings. The van der Waals surface area contributed by atoms with Crippen molar-refractivity contribution in [3.63, 3.8) is 0 Å². The Balaban J connectivity index is 0.000000199. The maximum atomic E-state index is 13.5. The van der Waals surface area contributed by atoms with E-state index in [2.05, 4.69) is 20.6 Å². The number of hydrogen-bond donors (Lipinski definition) is 3. The van der Waals surface area contributed by atoms with Crippen LogP contribution >= 0.6 is 23.2 Å². The van der Waals surface area contributed by atoms with Gasteiger partial charge in [0.25, 0.3) is 5.56 Å². The number of ether oxygens (including phenoxy) is 2. The number of H-pyrrole nitrogens is 1. The summed E-state index contributed by atoms with van der Waals surface area (Å²) in [7, 11) is 3.15. The average Bonchev–Trinajstić information content (AvgIpc) is 4.07. The van der Waals surface area contributed by atoms with Crippen LogP contribution in [0.4, 0.5) is 29.7 Å². The van der Waals surface area contributed by atoms with Crippen molar-refractivity contribution in [2.75, 3.05) is 44.5 Å². The quantitative estimate of drug-likeness (QED) is 0.113. The molecule has 4 amide bonds. The van der Waals surface area contributed by atoms with Crippen molar-refractivity contribution in [1.29, 1.82) is 0 Å². The zero-order valence-corrected chi connectivity index (χ0v) is 34.4. The van der Waals surface area contributed by atoms with E-state index < -0.39 is 17.7 Å². The molecule has 2 aromatic heterocycles. The minimum Gasteiger partial charge on any atom is -0.481 e. The van der Waals surface area contributed by atoms with E-state index in [0.29, 0.717) is 48.3 Å². The number of carbonyl (C=O) groups excluding carboxylic acids is 2. The van der Waals surface area contributed by atoms with Gasteiger partial charge in [-0.15, -0.1) is 0 Å². The van der Waals surface area contributed by atoms with Crippen LogP contribution in [-0.4, -0.2) is 65.7 Å². The lowest BCUT2D eigenvalue weighted by Gasteiger charge is -2.30. The van der Waals surface area contributed by atoms with Gasteiger partial charge in [-0.2, -0.15) is 0 Å². The van der Waals surface area contributed by atoms with Gasteiger partial charge in [-0.25, -0.2) is 23.4 Å². The zero-order valence-electron chi connectivity index (χ0n) is 32.9. The molecule has 1 saturated carbocycles. The van der Waals surface area contributed by atoms with E-state index in [4.69, 9.17) is 32.7 Å². The molecule has 1 aliphatic rings. The first kappa shape index (κ1) is 42.8. The normalized spacial score (nSPS) is 13.2. The molecule has 15 heteroatoms. The molecule has 0 spiro atoms. The van der Waals surface area contributed by atoms with Gasteiger partial charge in [0.1, 0.15) is 11.6 Å². The minimum absolute atomic E-state index is 0.0278. The Hall–Kier alpha value is -5.76. The fourth-order valence-electron chi connectivity index (χ4n) is 6.79. The number of amides is 4. The lowest BCUT2D eigenvalue weighted by atomic mass is 10.0. The molecule has 2 unspecified atom stereocenters. The highest BCUT2D eigenvalue weighted by molar-refractivity contribution is 6.31. The number of nitrogens with one attached hydrogen (secondary N) is 3. The van der Waals surface area contributed by atoms with Crippen LogP contribution in [0.2, 0.25) is 10.0 Å². The van der Waals surface area contributed by atoms with Crippen molar-refractivity contribution in [3.8, 4) is 5.88 Å². The predicted octanol–water partition coefficient (Wildman–Crippen LogP) is 10.6. The smallest absolute Gasteiger partial charge is 0.322 e. The number of rotatable bonds is 12. The Kier molecular flexibility index (Phi) is 14.0. The van der Waals surface area contributed by atoms with Crippen LogP contribution in [0.1, 0.15) is 49.9 Å². The molecule has 0 bridgehead atoms. The Morgan fingerprint density at radius 3 is 1.86 bits per heavy atom. The topological polar surface area (TPSA) is 129 Å². The van der Waals surface area contributed by atoms with Gasteiger partial charge >= 0.3 is 12.1 Å². The SMILES string of the molecule is COCCN(C(=O)Nc1ccc(F)c(Cl)c1)C(C)c1c[nH]c(=O)c2ccccc12.COc1ncc(C(C)N(CC2CC2)C(=O)Nc2ccc(F)c(Cl)c2)c2ccccc12. The summed E-state index contributed by atoms with van der Waals surface area (Å²) < 4.78 is 37.4. The van der Waals surface area contributed by atoms with Crippen LogP contribution in [-0.2, 0) is 4.74 Å². The van der Waals surface area contributed by atoms with Crippen molar-refractivity contribution in [3.05, 3.63) is 140 Å². The van der Waals surface area contributed by atoms with Crippen LogP contribution in [0.5, 0.6) is 5.88 Å². The summed E-state index contributed by atoms with van der Waals surface area (Å²) in [5.74, 6) is -0.0317. The van der Waals surface area contributed by atoms with Crippen LogP contribution in [0.3, 0.4) is 0 Å². The second-order valence-electron chi connectivity index (χ2n) is 14.1. The first-order valence-electron chi connectivity index (χ1n) is 19.0. The highest BCUT2D eigenvalue weighted by Gasteiger charge is 2.31. The molecular weight excluding hydrogens is 801 g/mol. The summed E-state index contributed by atoms with van der Waals surface area (Å²) in [6, 6.07) is 22.0. The van der Waals surface area contributed by atoms with Gasteiger partial charge in [-0.05, 0) is 97.5 Å². The molecule has 1 aliphatic carbocycles. The van der Waals surface area contributed by atoms with E-state index in [1.807, 2.05) is 55.1 Å². The Morgan fingerprint density at radius 1 is 0.797 bits per heavy atom. The fraction of sp³-hybridized carbons (Fsp3) is 0.273. The fourth-order valence-corrected chi connectivity index (χ4v) is 7.15. The summed E-state index contributed by atoms with van der Waals surface area (Å²) in [5.41, 5.74) is 2.38. The van der Waals surface area contributed by atoms with Crippen LogP contribution < -0.4 is 20.9 Å². The van der Waals surface area contributed by atoms with Crippen LogP contribution in [0.25, 0.3) is 21.5 Å². The summed E-state index contributed by atoms with van der Waals surface area (Å²) in [4.78, 5) is 48.9.